The molecule has 2 fully saturated rings. The molecule has 0 atom stereocenters. The van der Waals surface area contributed by atoms with Crippen LogP contribution in [0.2, 0.25) is 0 Å². The molecule has 1 aromatic heterocycles. The predicted molar refractivity (Wildman–Crippen MR) is 113 cm³/mol. The average Bonchev–Trinajstić information content (AvgIpc) is 2.75. The molecular weight excluding hydrogens is 409 g/mol. The highest BCUT2D eigenvalue weighted by Crippen LogP contribution is 2.21. The summed E-state index contributed by atoms with van der Waals surface area (Å²) in [5, 5.41) is 0. The molecule has 0 radical (unpaired) electrons. The third kappa shape index (κ3) is 4.88. The van der Waals surface area contributed by atoms with Gasteiger partial charge in [-0.15, -0.1) is 0 Å². The van der Waals surface area contributed by atoms with Gasteiger partial charge in [0, 0.05) is 51.0 Å². The minimum atomic E-state index is -3.46. The van der Waals surface area contributed by atoms with E-state index < -0.39 is 10.0 Å². The maximum atomic E-state index is 13.1. The van der Waals surface area contributed by atoms with Crippen molar-refractivity contribution in [2.75, 3.05) is 62.3 Å². The third-order valence-electron chi connectivity index (χ3n) is 5.34. The van der Waals surface area contributed by atoms with E-state index in [1.165, 1.54) is 28.6 Å². The van der Waals surface area contributed by atoms with Crippen molar-refractivity contribution in [3.8, 4) is 0 Å². The van der Waals surface area contributed by atoms with Gasteiger partial charge in [0.1, 0.15) is 11.6 Å². The molecule has 30 heavy (non-hydrogen) atoms. The summed E-state index contributed by atoms with van der Waals surface area (Å²) in [5.41, 5.74) is 1.47. The van der Waals surface area contributed by atoms with Crippen molar-refractivity contribution in [2.45, 2.75) is 12.7 Å². The summed E-state index contributed by atoms with van der Waals surface area (Å²) in [6.07, 6.45) is 0. The first-order valence-corrected chi connectivity index (χ1v) is 11.7. The number of sulfonamides is 1. The Labute approximate surface area is 176 Å². The monoisotopic (exact) mass is 435 g/mol. The Morgan fingerprint density at radius 1 is 0.967 bits per heavy atom. The molecule has 0 saturated carbocycles. The topological polar surface area (TPSA) is 78.9 Å². The average molecular weight is 436 g/mol. The minimum absolute atomic E-state index is 0.124. The van der Waals surface area contributed by atoms with Crippen molar-refractivity contribution in [1.29, 1.82) is 0 Å². The smallest absolute Gasteiger partial charge is 0.227 e. The van der Waals surface area contributed by atoms with Crippen molar-refractivity contribution >= 4 is 21.8 Å². The molecule has 0 spiro atoms. The quantitative estimate of drug-likeness (QED) is 0.703. The Morgan fingerprint density at radius 3 is 2.30 bits per heavy atom. The Bertz CT molecular complexity index is 972. The van der Waals surface area contributed by atoms with Gasteiger partial charge in [-0.3, -0.25) is 0 Å². The maximum absolute atomic E-state index is 13.1. The number of ether oxygens (including phenoxy) is 1. The SMILES string of the molecule is Cc1cc(N2CCN(S(=O)(=O)Cc3ccc(F)cc3)CC2)nc(N2CCOCC2)n1. The fourth-order valence-electron chi connectivity index (χ4n) is 3.68. The zero-order chi connectivity index (χ0) is 21.1. The van der Waals surface area contributed by atoms with Gasteiger partial charge in [0.15, 0.2) is 0 Å². The molecule has 0 bridgehead atoms. The maximum Gasteiger partial charge on any atom is 0.227 e. The molecule has 0 aliphatic carbocycles. The van der Waals surface area contributed by atoms with E-state index in [2.05, 4.69) is 14.8 Å². The van der Waals surface area contributed by atoms with Gasteiger partial charge >= 0.3 is 0 Å². The van der Waals surface area contributed by atoms with Gasteiger partial charge in [0.05, 0.1) is 19.0 Å². The second-order valence-electron chi connectivity index (χ2n) is 7.54. The van der Waals surface area contributed by atoms with Gasteiger partial charge in [-0.25, -0.2) is 17.8 Å². The summed E-state index contributed by atoms with van der Waals surface area (Å²) in [6.45, 7) is 6.69. The normalized spacial score (nSPS) is 18.6. The van der Waals surface area contributed by atoms with Crippen LogP contribution in [-0.4, -0.2) is 75.2 Å². The van der Waals surface area contributed by atoms with E-state index in [0.717, 1.165) is 24.6 Å². The highest BCUT2D eigenvalue weighted by Gasteiger charge is 2.28. The first-order chi connectivity index (χ1) is 14.4. The number of hydrogen-bond acceptors (Lipinski definition) is 7. The largest absolute Gasteiger partial charge is 0.378 e. The highest BCUT2D eigenvalue weighted by atomic mass is 32.2. The lowest BCUT2D eigenvalue weighted by Crippen LogP contribution is -2.49. The molecule has 4 rings (SSSR count). The molecular formula is C20H26FN5O3S. The van der Waals surface area contributed by atoms with Gasteiger partial charge in [-0.1, -0.05) is 12.1 Å². The van der Waals surface area contributed by atoms with Crippen molar-refractivity contribution in [3.63, 3.8) is 0 Å². The molecule has 8 nitrogen and oxygen atoms in total. The number of rotatable bonds is 5. The molecule has 2 aliphatic heterocycles. The van der Waals surface area contributed by atoms with E-state index in [1.807, 2.05) is 13.0 Å². The highest BCUT2D eigenvalue weighted by molar-refractivity contribution is 7.88. The number of hydrogen-bond donors (Lipinski definition) is 0. The molecule has 2 aliphatic rings. The third-order valence-corrected chi connectivity index (χ3v) is 7.19. The summed E-state index contributed by atoms with van der Waals surface area (Å²) in [4.78, 5) is 13.5. The van der Waals surface area contributed by atoms with Crippen LogP contribution in [0.25, 0.3) is 0 Å². The molecule has 10 heteroatoms. The number of piperazine rings is 1. The molecule has 0 amide bonds. The van der Waals surface area contributed by atoms with Crippen LogP contribution in [0.1, 0.15) is 11.3 Å². The fraction of sp³-hybridized carbons (Fsp3) is 0.500. The first-order valence-electron chi connectivity index (χ1n) is 10.1. The standard InChI is InChI=1S/C20H26FN5O3S/c1-16-14-19(23-20(22-16)25-10-12-29-13-11-25)24-6-8-26(9-7-24)30(27,28)15-17-2-4-18(21)5-3-17/h2-5,14H,6-13,15H2,1H3. The minimum Gasteiger partial charge on any atom is -0.378 e. The predicted octanol–water partition coefficient (Wildman–Crippen LogP) is 1.41. The number of aryl methyl sites for hydroxylation is 1. The second-order valence-corrected chi connectivity index (χ2v) is 9.50. The van der Waals surface area contributed by atoms with E-state index in [4.69, 9.17) is 9.72 Å². The van der Waals surface area contributed by atoms with Crippen LogP contribution in [0.3, 0.4) is 0 Å². The molecule has 3 heterocycles. The van der Waals surface area contributed by atoms with Crippen molar-refractivity contribution in [1.82, 2.24) is 14.3 Å². The Hall–Kier alpha value is -2.30. The molecule has 2 saturated heterocycles. The molecule has 2 aromatic rings. The van der Waals surface area contributed by atoms with Crippen LogP contribution >= 0.6 is 0 Å². The molecule has 1 aromatic carbocycles. The van der Waals surface area contributed by atoms with Gasteiger partial charge in [-0.05, 0) is 24.6 Å². The van der Waals surface area contributed by atoms with Crippen LogP contribution in [0, 0.1) is 12.7 Å². The summed E-state index contributed by atoms with van der Waals surface area (Å²) < 4.78 is 45.5. The summed E-state index contributed by atoms with van der Waals surface area (Å²) in [6, 6.07) is 7.53. The Kier molecular flexibility index (Phi) is 6.16. The number of nitrogens with zero attached hydrogens (tertiary/aromatic N) is 5. The second kappa shape index (κ2) is 8.83. The molecule has 0 N–H and O–H groups in total. The number of benzene rings is 1. The Balaban J connectivity index is 1.41. The van der Waals surface area contributed by atoms with E-state index in [1.54, 1.807) is 0 Å². The number of aromatic nitrogens is 2. The van der Waals surface area contributed by atoms with Crippen molar-refractivity contribution in [3.05, 3.63) is 47.4 Å². The number of halogens is 1. The van der Waals surface area contributed by atoms with E-state index >= 15 is 0 Å². The van der Waals surface area contributed by atoms with Crippen LogP contribution in [0.15, 0.2) is 30.3 Å². The summed E-state index contributed by atoms with van der Waals surface area (Å²) in [5.74, 6) is 1.02. The lowest BCUT2D eigenvalue weighted by atomic mass is 10.2. The van der Waals surface area contributed by atoms with E-state index in [9.17, 15) is 12.8 Å². The number of anilines is 2. The zero-order valence-corrected chi connectivity index (χ0v) is 17.8. The summed E-state index contributed by atoms with van der Waals surface area (Å²) in [7, 11) is -3.46. The van der Waals surface area contributed by atoms with Gasteiger partial charge in [0.25, 0.3) is 0 Å². The van der Waals surface area contributed by atoms with Crippen molar-refractivity contribution < 1.29 is 17.5 Å². The van der Waals surface area contributed by atoms with E-state index in [-0.39, 0.29) is 11.6 Å². The van der Waals surface area contributed by atoms with Gasteiger partial charge in [0.2, 0.25) is 16.0 Å². The van der Waals surface area contributed by atoms with Gasteiger partial charge in [-0.2, -0.15) is 9.29 Å². The van der Waals surface area contributed by atoms with Crippen LogP contribution in [0.5, 0.6) is 0 Å². The van der Waals surface area contributed by atoms with Crippen LogP contribution < -0.4 is 9.80 Å². The molecule has 162 valence electrons. The first kappa shape index (κ1) is 21.0. The van der Waals surface area contributed by atoms with E-state index in [0.29, 0.717) is 50.9 Å². The summed E-state index contributed by atoms with van der Waals surface area (Å²) >= 11 is 0. The lowest BCUT2D eigenvalue weighted by molar-refractivity contribution is 0.122. The molecule has 0 unspecified atom stereocenters. The van der Waals surface area contributed by atoms with Gasteiger partial charge < -0.3 is 14.5 Å². The van der Waals surface area contributed by atoms with Crippen molar-refractivity contribution in [2.24, 2.45) is 0 Å². The van der Waals surface area contributed by atoms with Crippen LogP contribution in [-0.2, 0) is 20.5 Å². The lowest BCUT2D eigenvalue weighted by Gasteiger charge is -2.35. The number of morpholine rings is 1. The Morgan fingerprint density at radius 2 is 1.63 bits per heavy atom. The fourth-order valence-corrected chi connectivity index (χ4v) is 5.20. The zero-order valence-electron chi connectivity index (χ0n) is 17.0. The van der Waals surface area contributed by atoms with Crippen LogP contribution in [0.4, 0.5) is 16.2 Å².